The average molecular weight is 170 g/mol. The van der Waals surface area contributed by atoms with Crippen molar-refractivity contribution in [2.45, 2.75) is 13.2 Å². The highest BCUT2D eigenvalue weighted by Gasteiger charge is 2.16. The maximum atomic E-state index is 11.0. The normalized spacial score (nSPS) is 23.2. The Balaban J connectivity index is 2.29. The maximum absolute atomic E-state index is 11.0. The molecule has 4 nitrogen and oxygen atoms in total. The molecule has 4 heteroatoms. The molecule has 0 radical (unpaired) electrons. The predicted molar refractivity (Wildman–Crippen MR) is 45.6 cm³/mol. The maximum Gasteiger partial charge on any atom is 0.334 e. The third-order valence-electron chi connectivity index (χ3n) is 1.60. The van der Waals surface area contributed by atoms with Crippen LogP contribution >= 0.6 is 0 Å². The Kier molecular flexibility index (Phi) is 3.25. The average Bonchev–Trinajstić information content (AvgIpc) is 2.06. The largest absolute Gasteiger partial charge is 0.442 e. The van der Waals surface area contributed by atoms with E-state index in [4.69, 9.17) is 4.74 Å². The molecule has 0 bridgehead atoms. The third kappa shape index (κ3) is 2.64. The van der Waals surface area contributed by atoms with Gasteiger partial charge >= 0.3 is 5.97 Å². The molecule has 1 rings (SSSR count). The van der Waals surface area contributed by atoms with E-state index in [0.29, 0.717) is 12.1 Å². The van der Waals surface area contributed by atoms with Gasteiger partial charge in [-0.05, 0) is 6.92 Å². The Morgan fingerprint density at radius 2 is 2.33 bits per heavy atom. The monoisotopic (exact) mass is 170 g/mol. The number of ether oxygens (including phenoxy) is 1. The summed E-state index contributed by atoms with van der Waals surface area (Å²) in [6.45, 7) is 7.55. The van der Waals surface area contributed by atoms with Crippen LogP contribution in [0.5, 0.6) is 0 Å². The van der Waals surface area contributed by atoms with E-state index >= 15 is 0 Å². The summed E-state index contributed by atoms with van der Waals surface area (Å²) in [6.07, 6.45) is -0.206. The van der Waals surface area contributed by atoms with Crippen LogP contribution in [0.4, 0.5) is 0 Å². The predicted octanol–water partition coefficient (Wildman–Crippen LogP) is -0.375. The second-order valence-corrected chi connectivity index (χ2v) is 2.83. The van der Waals surface area contributed by atoms with E-state index in [1.165, 1.54) is 0 Å². The molecule has 1 atom stereocenters. The molecule has 0 aromatic rings. The lowest BCUT2D eigenvalue weighted by molar-refractivity contribution is -0.146. The molecule has 68 valence electrons. The molecule has 0 aliphatic carbocycles. The Labute approximate surface area is 72.0 Å². The van der Waals surface area contributed by atoms with Gasteiger partial charge in [0.15, 0.2) is 6.23 Å². The van der Waals surface area contributed by atoms with Gasteiger partial charge in [0.2, 0.25) is 0 Å². The molecule has 0 amide bonds. The van der Waals surface area contributed by atoms with E-state index in [-0.39, 0.29) is 12.2 Å². The Morgan fingerprint density at radius 3 is 2.83 bits per heavy atom. The number of hydrogen-bond donors (Lipinski definition) is 2. The Bertz CT molecular complexity index is 185. The second-order valence-electron chi connectivity index (χ2n) is 2.83. The highest BCUT2D eigenvalue weighted by molar-refractivity contribution is 5.87. The molecule has 1 aliphatic heterocycles. The van der Waals surface area contributed by atoms with Crippen molar-refractivity contribution in [3.8, 4) is 0 Å². The number of carbonyl (C=O) groups is 1. The summed E-state index contributed by atoms with van der Waals surface area (Å²) in [5.41, 5.74) is 0.433. The van der Waals surface area contributed by atoms with Crippen LogP contribution in [0.3, 0.4) is 0 Å². The number of nitrogens with one attached hydrogen (secondary N) is 2. The summed E-state index contributed by atoms with van der Waals surface area (Å²) in [5, 5.41) is 6.17. The first kappa shape index (κ1) is 9.22. The van der Waals surface area contributed by atoms with Gasteiger partial charge in [0.05, 0.1) is 0 Å². The summed E-state index contributed by atoms with van der Waals surface area (Å²) in [6, 6.07) is 0. The van der Waals surface area contributed by atoms with Gasteiger partial charge in [0.25, 0.3) is 0 Å². The first-order valence-corrected chi connectivity index (χ1v) is 4.01. The lowest BCUT2D eigenvalue weighted by Crippen LogP contribution is -2.50. The minimum absolute atomic E-state index is 0.206. The molecule has 1 unspecified atom stereocenters. The zero-order valence-corrected chi connectivity index (χ0v) is 7.22. The van der Waals surface area contributed by atoms with Gasteiger partial charge in [-0.1, -0.05) is 6.58 Å². The van der Waals surface area contributed by atoms with Crippen molar-refractivity contribution in [3.63, 3.8) is 0 Å². The van der Waals surface area contributed by atoms with Crippen molar-refractivity contribution in [3.05, 3.63) is 12.2 Å². The van der Waals surface area contributed by atoms with Crippen LogP contribution in [0.1, 0.15) is 6.92 Å². The molecule has 1 heterocycles. The Morgan fingerprint density at radius 1 is 1.58 bits per heavy atom. The molecule has 1 saturated heterocycles. The van der Waals surface area contributed by atoms with Crippen molar-refractivity contribution in [1.29, 1.82) is 0 Å². The highest BCUT2D eigenvalue weighted by Crippen LogP contribution is 1.97. The van der Waals surface area contributed by atoms with Gasteiger partial charge in [0, 0.05) is 25.2 Å². The second kappa shape index (κ2) is 4.23. The minimum Gasteiger partial charge on any atom is -0.442 e. The summed E-state index contributed by atoms with van der Waals surface area (Å²) >= 11 is 0. The van der Waals surface area contributed by atoms with Gasteiger partial charge in [-0.15, -0.1) is 0 Å². The molecule has 0 spiro atoms. The molecule has 12 heavy (non-hydrogen) atoms. The van der Waals surface area contributed by atoms with E-state index in [1.807, 2.05) is 0 Å². The summed E-state index contributed by atoms with van der Waals surface area (Å²) in [4.78, 5) is 11.0. The number of rotatable bonds is 2. The molecule has 0 aromatic carbocycles. The van der Waals surface area contributed by atoms with Crippen molar-refractivity contribution in [2.75, 3.05) is 19.6 Å². The zero-order chi connectivity index (χ0) is 8.97. The summed E-state index contributed by atoms with van der Waals surface area (Å²) in [7, 11) is 0. The fraction of sp³-hybridized carbons (Fsp3) is 0.625. The van der Waals surface area contributed by atoms with Crippen LogP contribution in [0.25, 0.3) is 0 Å². The molecule has 0 aromatic heterocycles. The fourth-order valence-electron chi connectivity index (χ4n) is 0.940. The van der Waals surface area contributed by atoms with E-state index in [1.54, 1.807) is 6.92 Å². The molecule has 1 fully saturated rings. The molecular formula is C8H14N2O2. The van der Waals surface area contributed by atoms with Gasteiger partial charge < -0.3 is 10.1 Å². The third-order valence-corrected chi connectivity index (χ3v) is 1.60. The van der Waals surface area contributed by atoms with Gasteiger partial charge in [-0.3, -0.25) is 5.32 Å². The molecule has 2 N–H and O–H groups in total. The van der Waals surface area contributed by atoms with Crippen molar-refractivity contribution < 1.29 is 9.53 Å². The van der Waals surface area contributed by atoms with Crippen LogP contribution in [0.15, 0.2) is 12.2 Å². The van der Waals surface area contributed by atoms with Crippen LogP contribution in [0.2, 0.25) is 0 Å². The van der Waals surface area contributed by atoms with E-state index in [2.05, 4.69) is 17.2 Å². The fourth-order valence-corrected chi connectivity index (χ4v) is 0.940. The zero-order valence-electron chi connectivity index (χ0n) is 7.22. The van der Waals surface area contributed by atoms with Crippen molar-refractivity contribution in [1.82, 2.24) is 10.6 Å². The van der Waals surface area contributed by atoms with Crippen LogP contribution in [-0.2, 0) is 9.53 Å². The van der Waals surface area contributed by atoms with Crippen LogP contribution < -0.4 is 10.6 Å². The topological polar surface area (TPSA) is 50.4 Å². The van der Waals surface area contributed by atoms with E-state index in [9.17, 15) is 4.79 Å². The first-order chi connectivity index (χ1) is 5.70. The number of piperazine rings is 1. The minimum atomic E-state index is -0.337. The highest BCUT2D eigenvalue weighted by atomic mass is 16.6. The van der Waals surface area contributed by atoms with Crippen LogP contribution in [-0.4, -0.2) is 31.8 Å². The van der Waals surface area contributed by atoms with Gasteiger partial charge in [0.1, 0.15) is 0 Å². The molecule has 1 aliphatic rings. The quantitative estimate of drug-likeness (QED) is 0.438. The van der Waals surface area contributed by atoms with Crippen molar-refractivity contribution in [2.24, 2.45) is 0 Å². The molecular weight excluding hydrogens is 156 g/mol. The lowest BCUT2D eigenvalue weighted by atomic mass is 10.3. The summed E-state index contributed by atoms with van der Waals surface area (Å²) in [5.74, 6) is -0.337. The van der Waals surface area contributed by atoms with Gasteiger partial charge in [-0.2, -0.15) is 0 Å². The first-order valence-electron chi connectivity index (χ1n) is 4.01. The molecule has 0 saturated carbocycles. The number of carbonyl (C=O) groups excluding carboxylic acids is 1. The van der Waals surface area contributed by atoms with E-state index in [0.717, 1.165) is 13.1 Å². The SMILES string of the molecule is C=C(C)C(=O)OC1CNCCN1. The standard InChI is InChI=1S/C8H14N2O2/c1-6(2)8(11)12-7-5-9-3-4-10-7/h7,9-10H,1,3-5H2,2H3. The van der Waals surface area contributed by atoms with E-state index < -0.39 is 0 Å². The lowest BCUT2D eigenvalue weighted by Gasteiger charge is -2.24. The van der Waals surface area contributed by atoms with Crippen molar-refractivity contribution >= 4 is 5.97 Å². The van der Waals surface area contributed by atoms with Crippen LogP contribution in [0, 0.1) is 0 Å². The number of hydrogen-bond acceptors (Lipinski definition) is 4. The summed E-state index contributed by atoms with van der Waals surface area (Å²) < 4.78 is 5.04. The van der Waals surface area contributed by atoms with Gasteiger partial charge in [-0.25, -0.2) is 4.79 Å². The Hall–Kier alpha value is -0.870. The number of esters is 1. The smallest absolute Gasteiger partial charge is 0.334 e.